The van der Waals surface area contributed by atoms with Gasteiger partial charge in [-0.3, -0.25) is 14.5 Å². The zero-order valence-electron chi connectivity index (χ0n) is 20.0. The van der Waals surface area contributed by atoms with Crippen molar-refractivity contribution in [2.24, 2.45) is 13.0 Å². The molecular formula is C21H30F6N4O6. The standard InChI is InChI=1S/C17H28N4O2.2C2HF3O2/c1-19-9-14(8-18-19)10-20-4-7-23-17-13-21(12-15(17)11-20)16-2-5-22-6-3-16;2*3-2(4,5)1(6)7/h8-9,15-17H,2-7,10-13H2,1H3;2*(H,6,7)/t15-,17+;;/m0../s1. The van der Waals surface area contributed by atoms with Crippen LogP contribution in [0, 0.1) is 5.92 Å². The van der Waals surface area contributed by atoms with Crippen molar-refractivity contribution >= 4 is 11.9 Å². The largest absolute Gasteiger partial charge is 0.490 e. The fraction of sp³-hybridized carbons (Fsp3) is 0.762. The van der Waals surface area contributed by atoms with Crippen LogP contribution in [0.3, 0.4) is 0 Å². The molecule has 0 aliphatic carbocycles. The van der Waals surface area contributed by atoms with Crippen molar-refractivity contribution in [1.82, 2.24) is 19.6 Å². The molecular weight excluding hydrogens is 518 g/mol. The molecule has 3 saturated heterocycles. The number of nitrogens with zero attached hydrogens (tertiary/aromatic N) is 4. The highest BCUT2D eigenvalue weighted by Crippen LogP contribution is 2.28. The van der Waals surface area contributed by atoms with Gasteiger partial charge in [0.25, 0.3) is 0 Å². The number of carbonyl (C=O) groups is 2. The molecule has 1 aromatic heterocycles. The van der Waals surface area contributed by atoms with Crippen molar-refractivity contribution in [1.29, 1.82) is 0 Å². The van der Waals surface area contributed by atoms with E-state index in [4.69, 9.17) is 29.3 Å². The molecule has 0 radical (unpaired) electrons. The van der Waals surface area contributed by atoms with Crippen LogP contribution in [-0.2, 0) is 32.7 Å². The summed E-state index contributed by atoms with van der Waals surface area (Å²) in [6.07, 6.45) is -3.30. The number of aliphatic carboxylic acids is 2. The third-order valence-corrected chi connectivity index (χ3v) is 6.00. The average Bonchev–Trinajstić information content (AvgIpc) is 3.34. The van der Waals surface area contributed by atoms with E-state index in [0.717, 1.165) is 46.0 Å². The number of carboxylic acid groups (broad SMARTS) is 2. The van der Waals surface area contributed by atoms with Gasteiger partial charge in [0.05, 0.1) is 18.9 Å². The highest BCUT2D eigenvalue weighted by atomic mass is 19.4. The van der Waals surface area contributed by atoms with E-state index < -0.39 is 24.3 Å². The van der Waals surface area contributed by atoms with E-state index >= 15 is 0 Å². The summed E-state index contributed by atoms with van der Waals surface area (Å²) < 4.78 is 77.1. The number of carboxylic acids is 2. The number of aromatic nitrogens is 2. The zero-order chi connectivity index (χ0) is 27.8. The maximum Gasteiger partial charge on any atom is 0.490 e. The second-order valence-corrected chi connectivity index (χ2v) is 8.83. The first kappa shape index (κ1) is 30.8. The number of likely N-dealkylation sites (tertiary alicyclic amines) is 1. The number of ether oxygens (including phenoxy) is 2. The molecule has 1 aromatic rings. The normalized spacial score (nSPS) is 23.6. The van der Waals surface area contributed by atoms with Crippen molar-refractivity contribution in [2.45, 2.75) is 43.9 Å². The van der Waals surface area contributed by atoms with Crippen molar-refractivity contribution in [3.8, 4) is 0 Å². The van der Waals surface area contributed by atoms with Crippen molar-refractivity contribution < 1.29 is 55.6 Å². The first-order valence-corrected chi connectivity index (χ1v) is 11.4. The van der Waals surface area contributed by atoms with Crippen LogP contribution in [0.25, 0.3) is 0 Å². The molecule has 0 amide bonds. The Morgan fingerprint density at radius 1 is 1.00 bits per heavy atom. The van der Waals surface area contributed by atoms with Gasteiger partial charge < -0.3 is 19.7 Å². The number of fused-ring (bicyclic) bond motifs is 1. The molecule has 4 heterocycles. The van der Waals surface area contributed by atoms with Gasteiger partial charge in [0.1, 0.15) is 0 Å². The fourth-order valence-electron chi connectivity index (χ4n) is 4.30. The summed E-state index contributed by atoms with van der Waals surface area (Å²) in [5, 5.41) is 18.5. The van der Waals surface area contributed by atoms with Crippen LogP contribution in [-0.4, -0.2) is 112 Å². The van der Waals surface area contributed by atoms with Gasteiger partial charge in [-0.15, -0.1) is 0 Å². The highest BCUT2D eigenvalue weighted by Gasteiger charge is 2.40. The molecule has 2 N–H and O–H groups in total. The topological polar surface area (TPSA) is 117 Å². The van der Waals surface area contributed by atoms with Crippen molar-refractivity contribution in [3.05, 3.63) is 18.0 Å². The summed E-state index contributed by atoms with van der Waals surface area (Å²) >= 11 is 0. The lowest BCUT2D eigenvalue weighted by atomic mass is 10.1. The van der Waals surface area contributed by atoms with E-state index in [1.54, 1.807) is 0 Å². The van der Waals surface area contributed by atoms with Gasteiger partial charge in [0.2, 0.25) is 0 Å². The van der Waals surface area contributed by atoms with Crippen molar-refractivity contribution in [2.75, 3.05) is 46.0 Å². The van der Waals surface area contributed by atoms with Crippen LogP contribution in [0.2, 0.25) is 0 Å². The summed E-state index contributed by atoms with van der Waals surface area (Å²) in [4.78, 5) is 23.0. The second kappa shape index (κ2) is 13.4. The van der Waals surface area contributed by atoms with Crippen LogP contribution < -0.4 is 0 Å². The number of hydrogen-bond donors (Lipinski definition) is 2. The van der Waals surface area contributed by atoms with E-state index in [2.05, 4.69) is 21.1 Å². The summed E-state index contributed by atoms with van der Waals surface area (Å²) in [6.45, 7) is 8.13. The molecule has 3 aliphatic heterocycles. The Labute approximate surface area is 208 Å². The minimum atomic E-state index is -5.08. The second-order valence-electron chi connectivity index (χ2n) is 8.83. The van der Waals surface area contributed by atoms with Gasteiger partial charge in [0, 0.05) is 76.7 Å². The van der Waals surface area contributed by atoms with Gasteiger partial charge >= 0.3 is 24.3 Å². The number of halogens is 6. The summed E-state index contributed by atoms with van der Waals surface area (Å²) in [6, 6.07) is 0.700. The van der Waals surface area contributed by atoms with Gasteiger partial charge in [-0.05, 0) is 12.8 Å². The molecule has 10 nitrogen and oxygen atoms in total. The number of hydrogen-bond acceptors (Lipinski definition) is 7. The maximum absolute atomic E-state index is 10.6. The van der Waals surface area contributed by atoms with E-state index in [-0.39, 0.29) is 0 Å². The average molecular weight is 548 g/mol. The quantitative estimate of drug-likeness (QED) is 0.547. The number of aryl methyl sites for hydroxylation is 1. The van der Waals surface area contributed by atoms with Gasteiger partial charge in [0.15, 0.2) is 0 Å². The summed E-state index contributed by atoms with van der Waals surface area (Å²) in [5.74, 6) is -4.88. The van der Waals surface area contributed by atoms with Gasteiger partial charge in [-0.2, -0.15) is 31.4 Å². The van der Waals surface area contributed by atoms with Crippen LogP contribution in [0.15, 0.2) is 12.4 Å². The Kier molecular flexibility index (Phi) is 11.1. The first-order chi connectivity index (χ1) is 17.2. The van der Waals surface area contributed by atoms with E-state index in [0.29, 0.717) is 18.1 Å². The summed E-state index contributed by atoms with van der Waals surface area (Å²) in [7, 11) is 1.98. The predicted octanol–water partition coefficient (Wildman–Crippen LogP) is 2.00. The molecule has 0 bridgehead atoms. The van der Waals surface area contributed by atoms with Gasteiger partial charge in [-0.25, -0.2) is 9.59 Å². The van der Waals surface area contributed by atoms with E-state index in [1.165, 1.54) is 24.9 Å². The number of alkyl halides is 6. The minimum absolute atomic E-state index is 0.414. The molecule has 37 heavy (non-hydrogen) atoms. The van der Waals surface area contributed by atoms with Gasteiger partial charge in [-0.1, -0.05) is 0 Å². The molecule has 4 rings (SSSR count). The lowest BCUT2D eigenvalue weighted by Crippen LogP contribution is -2.39. The molecule has 16 heteroatoms. The number of rotatable bonds is 3. The lowest BCUT2D eigenvalue weighted by molar-refractivity contribution is -0.193. The molecule has 0 aromatic carbocycles. The Balaban J connectivity index is 0.000000286. The predicted molar refractivity (Wildman–Crippen MR) is 115 cm³/mol. The SMILES string of the molecule is Cn1cc(CN2CCO[C@@H]3CN(C4CCOCC4)C[C@@H]3C2)cn1.O=C(O)C(F)(F)F.O=C(O)C(F)(F)F. The Bertz CT molecular complexity index is 850. The van der Waals surface area contributed by atoms with Crippen LogP contribution in [0.1, 0.15) is 18.4 Å². The molecule has 0 saturated carbocycles. The monoisotopic (exact) mass is 548 g/mol. The summed E-state index contributed by atoms with van der Waals surface area (Å²) in [5.41, 5.74) is 1.30. The smallest absolute Gasteiger partial charge is 0.475 e. The third kappa shape index (κ3) is 10.5. The molecule has 0 spiro atoms. The molecule has 3 aliphatic rings. The Morgan fingerprint density at radius 2 is 1.57 bits per heavy atom. The zero-order valence-corrected chi connectivity index (χ0v) is 20.0. The molecule has 2 atom stereocenters. The van der Waals surface area contributed by atoms with Crippen molar-refractivity contribution in [3.63, 3.8) is 0 Å². The lowest BCUT2D eigenvalue weighted by Gasteiger charge is -2.31. The fourth-order valence-corrected chi connectivity index (χ4v) is 4.30. The third-order valence-electron chi connectivity index (χ3n) is 6.00. The maximum atomic E-state index is 10.6. The highest BCUT2D eigenvalue weighted by molar-refractivity contribution is 5.73. The Hall–Kier alpha value is -2.43. The van der Waals surface area contributed by atoms with Crippen LogP contribution in [0.5, 0.6) is 0 Å². The van der Waals surface area contributed by atoms with Crippen LogP contribution >= 0.6 is 0 Å². The van der Waals surface area contributed by atoms with E-state index in [1.807, 2.05) is 17.9 Å². The Morgan fingerprint density at radius 3 is 2.05 bits per heavy atom. The molecule has 3 fully saturated rings. The molecule has 0 unspecified atom stereocenters. The van der Waals surface area contributed by atoms with E-state index in [9.17, 15) is 26.3 Å². The first-order valence-electron chi connectivity index (χ1n) is 11.4. The minimum Gasteiger partial charge on any atom is -0.475 e. The molecule has 212 valence electrons. The van der Waals surface area contributed by atoms with Crippen LogP contribution in [0.4, 0.5) is 26.3 Å².